The molecule has 1 aromatic heterocycles. The van der Waals surface area contributed by atoms with Crippen LogP contribution in [0.15, 0.2) is 18.3 Å². The second kappa shape index (κ2) is 6.25. The lowest BCUT2D eigenvalue weighted by molar-refractivity contribution is 0.120. The summed E-state index contributed by atoms with van der Waals surface area (Å²) in [6.07, 6.45) is 4.96. The molecular weight excluding hydrogens is 292 g/mol. The van der Waals surface area contributed by atoms with E-state index in [9.17, 15) is 8.42 Å². The van der Waals surface area contributed by atoms with Crippen molar-refractivity contribution in [3.05, 3.63) is 18.3 Å². The highest BCUT2D eigenvalue weighted by atomic mass is 32.2. The van der Waals surface area contributed by atoms with Crippen LogP contribution in [0, 0.1) is 0 Å². The third-order valence-corrected chi connectivity index (χ3v) is 5.90. The molecule has 8 heteroatoms. The molecule has 2 fully saturated rings. The second-order valence-electron chi connectivity index (χ2n) is 5.42. The standard InChI is InChI=1S/C13H20N4O3S/c18-21(19,16-8-1-2-9-16)17-10-4-5-12(11-17)20-13-6-3-7-14-15-13/h3,6-7,12H,1-2,4-5,8-11H2. The normalized spacial score (nSPS) is 25.0. The van der Waals surface area contributed by atoms with E-state index in [1.54, 1.807) is 26.9 Å². The smallest absolute Gasteiger partial charge is 0.282 e. The van der Waals surface area contributed by atoms with Crippen LogP contribution in [0.5, 0.6) is 5.88 Å². The molecule has 1 atom stereocenters. The fraction of sp³-hybridized carbons (Fsp3) is 0.692. The molecule has 3 rings (SSSR count). The van der Waals surface area contributed by atoms with Gasteiger partial charge in [-0.3, -0.25) is 0 Å². The number of rotatable bonds is 4. The number of nitrogens with zero attached hydrogens (tertiary/aromatic N) is 4. The first-order valence-electron chi connectivity index (χ1n) is 7.36. The molecule has 0 spiro atoms. The largest absolute Gasteiger partial charge is 0.472 e. The summed E-state index contributed by atoms with van der Waals surface area (Å²) >= 11 is 0. The minimum atomic E-state index is -3.34. The molecule has 116 valence electrons. The van der Waals surface area contributed by atoms with Crippen LogP contribution in [-0.2, 0) is 10.2 Å². The molecule has 0 N–H and O–H groups in total. The van der Waals surface area contributed by atoms with Gasteiger partial charge >= 0.3 is 0 Å². The van der Waals surface area contributed by atoms with Crippen LogP contribution in [0.3, 0.4) is 0 Å². The van der Waals surface area contributed by atoms with E-state index in [4.69, 9.17) is 4.74 Å². The maximum atomic E-state index is 12.6. The van der Waals surface area contributed by atoms with Crippen LogP contribution in [0.25, 0.3) is 0 Å². The molecule has 0 radical (unpaired) electrons. The monoisotopic (exact) mass is 312 g/mol. The van der Waals surface area contributed by atoms with Crippen LogP contribution in [0.4, 0.5) is 0 Å². The van der Waals surface area contributed by atoms with Crippen LogP contribution < -0.4 is 4.74 Å². The number of aromatic nitrogens is 2. The Bertz CT molecular complexity index is 560. The molecule has 1 aromatic rings. The van der Waals surface area contributed by atoms with Gasteiger partial charge in [0.25, 0.3) is 10.2 Å². The Balaban J connectivity index is 1.65. The van der Waals surface area contributed by atoms with Crippen molar-refractivity contribution >= 4 is 10.2 Å². The van der Waals surface area contributed by atoms with E-state index >= 15 is 0 Å². The fourth-order valence-corrected chi connectivity index (χ4v) is 4.57. The molecule has 0 amide bonds. The first-order valence-corrected chi connectivity index (χ1v) is 8.75. The van der Waals surface area contributed by atoms with E-state index in [1.165, 1.54) is 0 Å². The van der Waals surface area contributed by atoms with Crippen LogP contribution in [0.2, 0.25) is 0 Å². The van der Waals surface area contributed by atoms with Gasteiger partial charge < -0.3 is 4.74 Å². The topological polar surface area (TPSA) is 75.6 Å². The maximum Gasteiger partial charge on any atom is 0.282 e. The Morgan fingerprint density at radius 3 is 2.62 bits per heavy atom. The van der Waals surface area contributed by atoms with Crippen molar-refractivity contribution in [2.24, 2.45) is 0 Å². The highest BCUT2D eigenvalue weighted by molar-refractivity contribution is 7.86. The predicted octanol–water partition coefficient (Wildman–Crippen LogP) is 0.660. The van der Waals surface area contributed by atoms with Gasteiger partial charge in [0, 0.05) is 31.9 Å². The van der Waals surface area contributed by atoms with Crippen molar-refractivity contribution in [2.45, 2.75) is 31.8 Å². The average Bonchev–Trinajstić information content (AvgIpc) is 3.04. The van der Waals surface area contributed by atoms with Crippen molar-refractivity contribution in [1.82, 2.24) is 18.8 Å². The molecule has 0 saturated carbocycles. The van der Waals surface area contributed by atoms with E-state index in [0.29, 0.717) is 32.1 Å². The third kappa shape index (κ3) is 3.33. The molecule has 1 unspecified atom stereocenters. The summed E-state index contributed by atoms with van der Waals surface area (Å²) in [4.78, 5) is 0. The molecular formula is C13H20N4O3S. The van der Waals surface area contributed by atoms with E-state index in [1.807, 2.05) is 0 Å². The van der Waals surface area contributed by atoms with Crippen LogP contribution >= 0.6 is 0 Å². The van der Waals surface area contributed by atoms with E-state index in [0.717, 1.165) is 25.7 Å². The third-order valence-electron chi connectivity index (χ3n) is 3.89. The van der Waals surface area contributed by atoms with Crippen LogP contribution in [-0.4, -0.2) is 59.5 Å². The molecule has 0 aliphatic carbocycles. The summed E-state index contributed by atoms with van der Waals surface area (Å²) in [5.74, 6) is 0.447. The highest BCUT2D eigenvalue weighted by Gasteiger charge is 2.35. The van der Waals surface area contributed by atoms with E-state index in [2.05, 4.69) is 10.2 Å². The Morgan fingerprint density at radius 2 is 1.90 bits per heavy atom. The van der Waals surface area contributed by atoms with E-state index in [-0.39, 0.29) is 6.10 Å². The number of hydrogen-bond donors (Lipinski definition) is 0. The van der Waals surface area contributed by atoms with Gasteiger partial charge in [0.05, 0.1) is 6.54 Å². The van der Waals surface area contributed by atoms with Gasteiger partial charge in [-0.15, -0.1) is 5.10 Å². The minimum Gasteiger partial charge on any atom is -0.472 e. The zero-order valence-electron chi connectivity index (χ0n) is 11.9. The summed E-state index contributed by atoms with van der Waals surface area (Å²) in [6.45, 7) is 2.22. The van der Waals surface area contributed by atoms with Gasteiger partial charge in [-0.1, -0.05) is 0 Å². The number of piperidine rings is 1. The van der Waals surface area contributed by atoms with Crippen molar-refractivity contribution in [1.29, 1.82) is 0 Å². The lowest BCUT2D eigenvalue weighted by Crippen LogP contribution is -2.49. The first kappa shape index (κ1) is 14.7. The molecule has 7 nitrogen and oxygen atoms in total. The van der Waals surface area contributed by atoms with Gasteiger partial charge in [-0.05, 0) is 31.7 Å². The second-order valence-corrected chi connectivity index (χ2v) is 7.34. The highest BCUT2D eigenvalue weighted by Crippen LogP contribution is 2.22. The molecule has 2 aliphatic heterocycles. The van der Waals surface area contributed by atoms with Crippen molar-refractivity contribution in [2.75, 3.05) is 26.2 Å². The molecule has 2 saturated heterocycles. The molecule has 21 heavy (non-hydrogen) atoms. The zero-order chi connectivity index (χ0) is 14.7. The molecule has 2 aliphatic rings. The van der Waals surface area contributed by atoms with Crippen LogP contribution in [0.1, 0.15) is 25.7 Å². The molecule has 0 aromatic carbocycles. The predicted molar refractivity (Wildman–Crippen MR) is 77.0 cm³/mol. The Morgan fingerprint density at radius 1 is 1.14 bits per heavy atom. The zero-order valence-corrected chi connectivity index (χ0v) is 12.7. The van der Waals surface area contributed by atoms with Crippen molar-refractivity contribution in [3.63, 3.8) is 0 Å². The Kier molecular flexibility index (Phi) is 4.37. The summed E-state index contributed by atoms with van der Waals surface area (Å²) in [6, 6.07) is 3.49. The van der Waals surface area contributed by atoms with E-state index < -0.39 is 10.2 Å². The summed E-state index contributed by atoms with van der Waals surface area (Å²) in [5, 5.41) is 7.65. The number of ether oxygens (including phenoxy) is 1. The summed E-state index contributed by atoms with van der Waals surface area (Å²) in [7, 11) is -3.34. The van der Waals surface area contributed by atoms with Gasteiger partial charge in [0.1, 0.15) is 6.10 Å². The summed E-state index contributed by atoms with van der Waals surface area (Å²) in [5.41, 5.74) is 0. The first-order chi connectivity index (χ1) is 10.2. The van der Waals surface area contributed by atoms with Crippen molar-refractivity contribution < 1.29 is 13.2 Å². The molecule has 3 heterocycles. The lowest BCUT2D eigenvalue weighted by atomic mass is 10.1. The summed E-state index contributed by atoms with van der Waals surface area (Å²) < 4.78 is 34.0. The van der Waals surface area contributed by atoms with Gasteiger partial charge in [0.15, 0.2) is 0 Å². The quantitative estimate of drug-likeness (QED) is 0.816. The van der Waals surface area contributed by atoms with Gasteiger partial charge in [-0.2, -0.15) is 22.1 Å². The Hall–Kier alpha value is -1.25. The van der Waals surface area contributed by atoms with Gasteiger partial charge in [0.2, 0.25) is 5.88 Å². The lowest BCUT2D eigenvalue weighted by Gasteiger charge is -2.34. The minimum absolute atomic E-state index is 0.159. The SMILES string of the molecule is O=S(=O)(N1CCCC1)N1CCCC(Oc2cccnn2)C1. The van der Waals surface area contributed by atoms with Crippen molar-refractivity contribution in [3.8, 4) is 5.88 Å². The fourth-order valence-electron chi connectivity index (χ4n) is 2.81. The maximum absolute atomic E-state index is 12.6. The van der Waals surface area contributed by atoms with Gasteiger partial charge in [-0.25, -0.2) is 0 Å². The number of hydrogen-bond acceptors (Lipinski definition) is 5. The average molecular weight is 312 g/mol. The Labute approximate surface area is 125 Å². The molecule has 0 bridgehead atoms.